The average molecular weight is 316 g/mol. The molecule has 0 unspecified atom stereocenters. The number of benzene rings is 1. The Kier molecular flexibility index (Phi) is 3.25. The van der Waals surface area contributed by atoms with E-state index in [0.717, 1.165) is 5.01 Å². The number of nitrogens with zero attached hydrogens (tertiary/aromatic N) is 1. The summed E-state index contributed by atoms with van der Waals surface area (Å²) in [4.78, 5) is 37.7. The topological polar surface area (TPSA) is 86.7 Å². The van der Waals surface area contributed by atoms with Crippen LogP contribution in [0, 0.1) is 16.7 Å². The van der Waals surface area contributed by atoms with Gasteiger partial charge in [-0.2, -0.15) is 5.01 Å². The zero-order valence-corrected chi connectivity index (χ0v) is 13.4. The molecule has 1 heterocycles. The van der Waals surface area contributed by atoms with Gasteiger partial charge in [0, 0.05) is 11.5 Å². The number of imide groups is 1. The Hall–Kier alpha value is -2.37. The number of fused-ring (bicyclic) bond motifs is 2. The third-order valence-electron chi connectivity index (χ3n) is 5.76. The van der Waals surface area contributed by atoms with E-state index in [1.54, 1.807) is 0 Å². The molecule has 122 valence electrons. The van der Waals surface area contributed by atoms with Crippen LogP contribution < -0.4 is 5.43 Å². The van der Waals surface area contributed by atoms with Gasteiger partial charge in [-0.05, 0) is 42.5 Å². The van der Waals surface area contributed by atoms with Gasteiger partial charge in [0.05, 0.1) is 5.41 Å². The van der Waals surface area contributed by atoms with Crippen LogP contribution in [0.1, 0.15) is 44.0 Å². The summed E-state index contributed by atoms with van der Waals surface area (Å²) in [6, 6.07) is 5.62. The second kappa shape index (κ2) is 4.81. The molecule has 0 spiro atoms. The molecule has 23 heavy (non-hydrogen) atoms. The van der Waals surface area contributed by atoms with Crippen LogP contribution in [0.3, 0.4) is 0 Å². The summed E-state index contributed by atoms with van der Waals surface area (Å²) in [6.45, 7) is 5.75. The van der Waals surface area contributed by atoms with Gasteiger partial charge < -0.3 is 5.11 Å². The Labute approximate surface area is 134 Å². The number of phenols is 1. The van der Waals surface area contributed by atoms with Gasteiger partial charge in [-0.25, -0.2) is 0 Å². The van der Waals surface area contributed by atoms with Crippen LogP contribution in [0.2, 0.25) is 0 Å². The average Bonchev–Trinajstić information content (AvgIpc) is 2.69. The van der Waals surface area contributed by atoms with Gasteiger partial charge in [-0.15, -0.1) is 0 Å². The molecular formula is C17H20N2O4. The number of hydrazine groups is 1. The van der Waals surface area contributed by atoms with Crippen molar-refractivity contribution in [2.45, 2.75) is 33.6 Å². The Morgan fingerprint density at radius 2 is 1.83 bits per heavy atom. The zero-order valence-electron chi connectivity index (χ0n) is 13.4. The molecule has 6 heteroatoms. The highest BCUT2D eigenvalue weighted by molar-refractivity contribution is 6.06. The van der Waals surface area contributed by atoms with Gasteiger partial charge in [0.1, 0.15) is 5.75 Å². The predicted molar refractivity (Wildman–Crippen MR) is 82.0 cm³/mol. The third-order valence-corrected chi connectivity index (χ3v) is 5.76. The number of rotatable bonds is 2. The first-order valence-corrected chi connectivity index (χ1v) is 7.67. The molecule has 1 aromatic carbocycles. The fourth-order valence-corrected chi connectivity index (χ4v) is 3.70. The number of carbonyl (C=O) groups is 3. The van der Waals surface area contributed by atoms with E-state index < -0.39 is 16.7 Å². The molecule has 2 N–H and O–H groups in total. The molecule has 0 aromatic heterocycles. The van der Waals surface area contributed by atoms with Crippen LogP contribution in [0.5, 0.6) is 5.75 Å². The molecule has 2 fully saturated rings. The molecule has 1 aliphatic carbocycles. The summed E-state index contributed by atoms with van der Waals surface area (Å²) in [5.74, 6) is -1.48. The first-order valence-electron chi connectivity index (χ1n) is 7.67. The number of carbonyl (C=O) groups excluding carboxylic acids is 3. The second-order valence-corrected chi connectivity index (χ2v) is 7.11. The minimum absolute atomic E-state index is 0.0407. The Morgan fingerprint density at radius 3 is 2.43 bits per heavy atom. The number of piperidine rings is 1. The van der Waals surface area contributed by atoms with Crippen LogP contribution in [0.25, 0.3) is 0 Å². The van der Waals surface area contributed by atoms with E-state index >= 15 is 0 Å². The van der Waals surface area contributed by atoms with Crippen molar-refractivity contribution < 1.29 is 19.5 Å². The van der Waals surface area contributed by atoms with Gasteiger partial charge in [0.15, 0.2) is 0 Å². The lowest BCUT2D eigenvalue weighted by molar-refractivity contribution is -0.171. The highest BCUT2D eigenvalue weighted by Crippen LogP contribution is 2.59. The standard InChI is InChI=1S/C17H20N2O4/c1-16(2)12-8-9-17(16,3)15(23)19(14(12)22)18-13(21)10-4-6-11(20)7-5-10/h4-7,12,20H,8-9H2,1-3H3,(H,18,21)/t12-,17+/m1/s1. The molecule has 2 aliphatic rings. The smallest absolute Gasteiger partial charge is 0.270 e. The Morgan fingerprint density at radius 1 is 1.22 bits per heavy atom. The maximum Gasteiger partial charge on any atom is 0.270 e. The molecule has 1 saturated heterocycles. The van der Waals surface area contributed by atoms with Crippen molar-refractivity contribution in [2.24, 2.45) is 16.7 Å². The van der Waals surface area contributed by atoms with Gasteiger partial charge in [0.2, 0.25) is 0 Å². The second-order valence-electron chi connectivity index (χ2n) is 7.11. The van der Waals surface area contributed by atoms with Crippen molar-refractivity contribution in [3.05, 3.63) is 29.8 Å². The maximum atomic E-state index is 12.8. The molecule has 1 saturated carbocycles. The summed E-state index contributed by atoms with van der Waals surface area (Å²) in [5, 5.41) is 10.1. The van der Waals surface area contributed by atoms with Crippen LogP contribution in [0.4, 0.5) is 0 Å². The van der Waals surface area contributed by atoms with E-state index in [2.05, 4.69) is 5.43 Å². The molecular weight excluding hydrogens is 296 g/mol. The van der Waals surface area contributed by atoms with E-state index in [4.69, 9.17) is 0 Å². The fraction of sp³-hybridized carbons (Fsp3) is 0.471. The first-order chi connectivity index (χ1) is 10.7. The number of hydrogen-bond acceptors (Lipinski definition) is 4. The molecule has 3 rings (SSSR count). The van der Waals surface area contributed by atoms with Crippen molar-refractivity contribution >= 4 is 17.7 Å². The first kappa shape index (κ1) is 15.5. The zero-order chi connectivity index (χ0) is 17.0. The summed E-state index contributed by atoms with van der Waals surface area (Å²) in [6.07, 6.45) is 1.29. The monoisotopic (exact) mass is 316 g/mol. The van der Waals surface area contributed by atoms with Crippen LogP contribution >= 0.6 is 0 Å². The fourth-order valence-electron chi connectivity index (χ4n) is 3.70. The normalized spacial score (nSPS) is 28.8. The summed E-state index contributed by atoms with van der Waals surface area (Å²) < 4.78 is 0. The van der Waals surface area contributed by atoms with E-state index in [0.29, 0.717) is 12.8 Å². The number of phenolic OH excluding ortho intramolecular Hbond substituents is 1. The Bertz CT molecular complexity index is 695. The summed E-state index contributed by atoms with van der Waals surface area (Å²) >= 11 is 0. The minimum Gasteiger partial charge on any atom is -0.508 e. The molecule has 6 nitrogen and oxygen atoms in total. The number of amides is 3. The lowest BCUT2D eigenvalue weighted by atomic mass is 9.63. The van der Waals surface area contributed by atoms with Crippen molar-refractivity contribution in [3.63, 3.8) is 0 Å². The van der Waals surface area contributed by atoms with E-state index in [1.165, 1.54) is 24.3 Å². The van der Waals surface area contributed by atoms with Crippen molar-refractivity contribution in [1.29, 1.82) is 0 Å². The number of hydrogen-bond donors (Lipinski definition) is 2. The third kappa shape index (κ3) is 2.04. The molecule has 1 aromatic rings. The molecule has 0 radical (unpaired) electrons. The van der Waals surface area contributed by atoms with E-state index in [-0.39, 0.29) is 29.0 Å². The van der Waals surface area contributed by atoms with Gasteiger partial charge >= 0.3 is 0 Å². The lowest BCUT2D eigenvalue weighted by Crippen LogP contribution is -2.63. The largest absolute Gasteiger partial charge is 0.508 e. The molecule has 3 amide bonds. The minimum atomic E-state index is -0.659. The maximum absolute atomic E-state index is 12.8. The highest BCUT2D eigenvalue weighted by atomic mass is 16.3. The van der Waals surface area contributed by atoms with Gasteiger partial charge in [-0.1, -0.05) is 20.8 Å². The molecule has 2 atom stereocenters. The molecule has 1 aliphatic heterocycles. The SMILES string of the molecule is CC1(C)[C@@H]2CC[C@@]1(C)C(=O)N(NC(=O)c1ccc(O)cc1)C2=O. The van der Waals surface area contributed by atoms with Crippen LogP contribution in [-0.4, -0.2) is 27.8 Å². The van der Waals surface area contributed by atoms with Crippen molar-refractivity contribution in [3.8, 4) is 5.75 Å². The van der Waals surface area contributed by atoms with Gasteiger partial charge in [-0.3, -0.25) is 19.8 Å². The lowest BCUT2D eigenvalue weighted by Gasteiger charge is -2.47. The van der Waals surface area contributed by atoms with Crippen molar-refractivity contribution in [2.75, 3.05) is 0 Å². The Balaban J connectivity index is 1.87. The summed E-state index contributed by atoms with van der Waals surface area (Å²) in [5.41, 5.74) is 1.63. The summed E-state index contributed by atoms with van der Waals surface area (Å²) in [7, 11) is 0. The quantitative estimate of drug-likeness (QED) is 0.815. The predicted octanol–water partition coefficient (Wildman–Crippen LogP) is 1.85. The molecule has 2 bridgehead atoms. The highest BCUT2D eigenvalue weighted by Gasteiger charge is 2.64. The van der Waals surface area contributed by atoms with Crippen LogP contribution in [-0.2, 0) is 9.59 Å². The van der Waals surface area contributed by atoms with E-state index in [1.807, 2.05) is 20.8 Å². The van der Waals surface area contributed by atoms with Crippen LogP contribution in [0.15, 0.2) is 24.3 Å². The van der Waals surface area contributed by atoms with E-state index in [9.17, 15) is 19.5 Å². The van der Waals surface area contributed by atoms with Crippen molar-refractivity contribution in [1.82, 2.24) is 10.4 Å². The number of aromatic hydroxyl groups is 1. The number of nitrogens with one attached hydrogen (secondary N) is 1. The van der Waals surface area contributed by atoms with Gasteiger partial charge in [0.25, 0.3) is 17.7 Å².